The fourth-order valence-electron chi connectivity index (χ4n) is 2.38. The maximum atomic E-state index is 12.6. The van der Waals surface area contributed by atoms with Crippen molar-refractivity contribution in [3.8, 4) is 6.07 Å². The van der Waals surface area contributed by atoms with Crippen LogP contribution in [-0.4, -0.2) is 10.9 Å². The van der Waals surface area contributed by atoms with Gasteiger partial charge in [0, 0.05) is 11.9 Å². The van der Waals surface area contributed by atoms with Crippen LogP contribution in [-0.2, 0) is 6.18 Å². The van der Waals surface area contributed by atoms with Crippen molar-refractivity contribution < 1.29 is 18.0 Å². The van der Waals surface area contributed by atoms with Gasteiger partial charge >= 0.3 is 6.18 Å². The van der Waals surface area contributed by atoms with Crippen molar-refractivity contribution in [2.45, 2.75) is 6.18 Å². The number of anilines is 3. The van der Waals surface area contributed by atoms with E-state index in [0.29, 0.717) is 22.8 Å². The lowest BCUT2D eigenvalue weighted by Crippen LogP contribution is -2.13. The van der Waals surface area contributed by atoms with E-state index in [1.54, 1.807) is 24.3 Å². The molecule has 140 valence electrons. The van der Waals surface area contributed by atoms with E-state index in [2.05, 4.69) is 15.6 Å². The van der Waals surface area contributed by atoms with Gasteiger partial charge in [-0.25, -0.2) is 4.98 Å². The van der Waals surface area contributed by atoms with Gasteiger partial charge in [0.2, 0.25) is 0 Å². The van der Waals surface area contributed by atoms with E-state index in [0.717, 1.165) is 12.1 Å². The molecule has 2 N–H and O–H groups in total. The molecular formula is C20H13F3N4O. The first-order valence-electron chi connectivity index (χ1n) is 8.07. The number of nitrogens with zero attached hydrogens (tertiary/aromatic N) is 2. The number of amides is 1. The molecule has 1 amide bonds. The number of carbonyl (C=O) groups excluding carboxylic acids is 1. The van der Waals surface area contributed by atoms with Gasteiger partial charge in [-0.3, -0.25) is 4.79 Å². The molecule has 2 aromatic carbocycles. The van der Waals surface area contributed by atoms with Crippen molar-refractivity contribution in [2.75, 3.05) is 10.6 Å². The first-order valence-corrected chi connectivity index (χ1v) is 8.07. The normalized spacial score (nSPS) is 10.8. The van der Waals surface area contributed by atoms with Crippen LogP contribution < -0.4 is 10.6 Å². The second-order valence-corrected chi connectivity index (χ2v) is 5.74. The van der Waals surface area contributed by atoms with Crippen LogP contribution in [0.2, 0.25) is 0 Å². The predicted octanol–water partition coefficient (Wildman–Crippen LogP) is 4.97. The Labute approximate surface area is 158 Å². The predicted molar refractivity (Wildman–Crippen MR) is 98.1 cm³/mol. The molecule has 5 nitrogen and oxygen atoms in total. The van der Waals surface area contributed by atoms with Crippen LogP contribution in [0.1, 0.15) is 21.5 Å². The fourth-order valence-corrected chi connectivity index (χ4v) is 2.38. The number of carbonyl (C=O) groups is 1. The number of nitriles is 1. The lowest BCUT2D eigenvalue weighted by Gasteiger charge is -2.10. The third-order valence-electron chi connectivity index (χ3n) is 3.81. The van der Waals surface area contributed by atoms with Crippen LogP contribution in [0.3, 0.4) is 0 Å². The number of benzene rings is 2. The molecule has 0 aliphatic heterocycles. The zero-order chi connectivity index (χ0) is 20.1. The SMILES string of the molecule is N#Cc1ccccc1NC(=O)c1ccc(Nc2ccc(C(F)(F)F)cc2)nc1. The summed E-state index contributed by atoms with van der Waals surface area (Å²) in [6.45, 7) is 0. The summed E-state index contributed by atoms with van der Waals surface area (Å²) < 4.78 is 37.7. The minimum absolute atomic E-state index is 0.269. The van der Waals surface area contributed by atoms with Crippen LogP contribution >= 0.6 is 0 Å². The Hall–Kier alpha value is -3.86. The molecular weight excluding hydrogens is 369 g/mol. The summed E-state index contributed by atoms with van der Waals surface area (Å²) >= 11 is 0. The summed E-state index contributed by atoms with van der Waals surface area (Å²) in [5.41, 5.74) is 0.688. The van der Waals surface area contributed by atoms with E-state index < -0.39 is 17.6 Å². The van der Waals surface area contributed by atoms with Gasteiger partial charge in [-0.1, -0.05) is 12.1 Å². The average Bonchev–Trinajstić information content (AvgIpc) is 2.68. The highest BCUT2D eigenvalue weighted by molar-refractivity contribution is 6.04. The van der Waals surface area contributed by atoms with E-state index in [4.69, 9.17) is 5.26 Å². The number of pyridine rings is 1. The topological polar surface area (TPSA) is 77.8 Å². The maximum Gasteiger partial charge on any atom is 0.416 e. The lowest BCUT2D eigenvalue weighted by atomic mass is 10.2. The maximum absolute atomic E-state index is 12.6. The van der Waals surface area contributed by atoms with Gasteiger partial charge in [0.1, 0.15) is 11.9 Å². The van der Waals surface area contributed by atoms with Crippen LogP contribution in [0.25, 0.3) is 0 Å². The van der Waals surface area contributed by atoms with Gasteiger partial charge in [0.05, 0.1) is 22.4 Å². The standard InChI is InChI=1S/C20H13F3N4O/c21-20(22,23)15-6-8-16(9-7-15)26-18-10-5-14(12-25-18)19(28)27-17-4-2-1-3-13(17)11-24/h1-10,12H,(H,25,26)(H,27,28). The summed E-state index contributed by atoms with van der Waals surface area (Å²) in [4.78, 5) is 16.4. The smallest absolute Gasteiger partial charge is 0.340 e. The zero-order valence-corrected chi connectivity index (χ0v) is 14.3. The summed E-state index contributed by atoms with van der Waals surface area (Å²) in [6.07, 6.45) is -3.06. The molecule has 0 aliphatic carbocycles. The molecule has 1 heterocycles. The quantitative estimate of drug-likeness (QED) is 0.668. The first kappa shape index (κ1) is 18.9. The minimum atomic E-state index is -4.39. The van der Waals surface area contributed by atoms with Gasteiger partial charge < -0.3 is 10.6 Å². The van der Waals surface area contributed by atoms with Gasteiger partial charge in [0.25, 0.3) is 5.91 Å². The van der Waals surface area contributed by atoms with E-state index in [9.17, 15) is 18.0 Å². The largest absolute Gasteiger partial charge is 0.416 e. The van der Waals surface area contributed by atoms with E-state index in [-0.39, 0.29) is 5.56 Å². The molecule has 0 saturated carbocycles. The third-order valence-corrected chi connectivity index (χ3v) is 3.81. The van der Waals surface area contributed by atoms with Gasteiger partial charge in [-0.05, 0) is 48.5 Å². The van der Waals surface area contributed by atoms with Gasteiger partial charge in [-0.2, -0.15) is 18.4 Å². The molecule has 3 aromatic rings. The molecule has 3 rings (SSSR count). The highest BCUT2D eigenvalue weighted by atomic mass is 19.4. The Bertz CT molecular complexity index is 1020. The molecule has 0 aliphatic rings. The molecule has 0 atom stereocenters. The van der Waals surface area contributed by atoms with Crippen molar-refractivity contribution in [1.29, 1.82) is 5.26 Å². The summed E-state index contributed by atoms with van der Waals surface area (Å²) in [6, 6.07) is 16.2. The summed E-state index contributed by atoms with van der Waals surface area (Å²) in [5.74, 6) is -0.0648. The number of aromatic nitrogens is 1. The van der Waals surface area contributed by atoms with Crippen molar-refractivity contribution in [2.24, 2.45) is 0 Å². The molecule has 1 aromatic heterocycles. The molecule has 8 heteroatoms. The number of alkyl halides is 3. The van der Waals surface area contributed by atoms with E-state index in [1.807, 2.05) is 6.07 Å². The Kier molecular flexibility index (Phi) is 5.27. The Balaban J connectivity index is 1.68. The molecule has 0 radical (unpaired) electrons. The number of rotatable bonds is 4. The molecule has 0 spiro atoms. The molecule has 0 saturated heterocycles. The molecule has 28 heavy (non-hydrogen) atoms. The number of nitrogens with one attached hydrogen (secondary N) is 2. The van der Waals surface area contributed by atoms with Crippen LogP contribution in [0.15, 0.2) is 66.9 Å². The molecule has 0 bridgehead atoms. The van der Waals surface area contributed by atoms with Gasteiger partial charge in [0.15, 0.2) is 0 Å². The summed E-state index contributed by atoms with van der Waals surface area (Å²) in [7, 11) is 0. The highest BCUT2D eigenvalue weighted by Gasteiger charge is 2.29. The second kappa shape index (κ2) is 7.80. The Morgan fingerprint density at radius 3 is 2.32 bits per heavy atom. The fraction of sp³-hybridized carbons (Fsp3) is 0.0500. The Morgan fingerprint density at radius 2 is 1.71 bits per heavy atom. The highest BCUT2D eigenvalue weighted by Crippen LogP contribution is 2.30. The zero-order valence-electron chi connectivity index (χ0n) is 14.3. The Morgan fingerprint density at radius 1 is 1.00 bits per heavy atom. The number of hydrogen-bond acceptors (Lipinski definition) is 4. The number of hydrogen-bond donors (Lipinski definition) is 2. The van der Waals surface area contributed by atoms with E-state index in [1.165, 1.54) is 30.5 Å². The second-order valence-electron chi connectivity index (χ2n) is 5.74. The van der Waals surface area contributed by atoms with Crippen molar-refractivity contribution in [3.05, 3.63) is 83.6 Å². The monoisotopic (exact) mass is 382 g/mol. The summed E-state index contributed by atoms with van der Waals surface area (Å²) in [5, 5.41) is 14.6. The number of para-hydroxylation sites is 1. The number of halogens is 3. The minimum Gasteiger partial charge on any atom is -0.340 e. The van der Waals surface area contributed by atoms with Crippen molar-refractivity contribution >= 4 is 23.1 Å². The first-order chi connectivity index (χ1) is 13.4. The average molecular weight is 382 g/mol. The van der Waals surface area contributed by atoms with Crippen molar-refractivity contribution in [3.63, 3.8) is 0 Å². The van der Waals surface area contributed by atoms with Crippen molar-refractivity contribution in [1.82, 2.24) is 4.98 Å². The van der Waals surface area contributed by atoms with Crippen LogP contribution in [0.4, 0.5) is 30.4 Å². The molecule has 0 unspecified atom stereocenters. The van der Waals surface area contributed by atoms with Gasteiger partial charge in [-0.15, -0.1) is 0 Å². The van der Waals surface area contributed by atoms with Crippen LogP contribution in [0.5, 0.6) is 0 Å². The lowest BCUT2D eigenvalue weighted by molar-refractivity contribution is -0.137. The van der Waals surface area contributed by atoms with Crippen LogP contribution in [0, 0.1) is 11.3 Å². The third kappa shape index (κ3) is 4.45. The van der Waals surface area contributed by atoms with E-state index >= 15 is 0 Å². The molecule has 0 fully saturated rings.